The van der Waals surface area contributed by atoms with E-state index < -0.39 is 17.7 Å². The van der Waals surface area contributed by atoms with Crippen LogP contribution in [0, 0.1) is 0 Å². The van der Waals surface area contributed by atoms with Crippen molar-refractivity contribution >= 4 is 84.8 Å². The number of aliphatic hydroxyl groups is 1. The summed E-state index contributed by atoms with van der Waals surface area (Å²) in [6, 6.07) is 18.4. The maximum atomic E-state index is 13.5. The van der Waals surface area contributed by atoms with E-state index in [2.05, 4.69) is 33.1 Å². The van der Waals surface area contributed by atoms with Crippen LogP contribution in [0.25, 0.3) is 5.76 Å². The van der Waals surface area contributed by atoms with Crippen LogP contribution in [0.4, 0.5) is 5.13 Å². The third kappa shape index (κ3) is 7.26. The van der Waals surface area contributed by atoms with Crippen molar-refractivity contribution < 1.29 is 19.4 Å². The van der Waals surface area contributed by atoms with E-state index in [9.17, 15) is 14.7 Å². The summed E-state index contributed by atoms with van der Waals surface area (Å²) < 4.78 is 7.27. The van der Waals surface area contributed by atoms with Crippen LogP contribution in [-0.4, -0.2) is 33.6 Å². The number of benzene rings is 3. The van der Waals surface area contributed by atoms with Gasteiger partial charge in [-0.25, -0.2) is 0 Å². The zero-order valence-corrected chi connectivity index (χ0v) is 27.7. The van der Waals surface area contributed by atoms with Gasteiger partial charge < -0.3 is 9.84 Å². The monoisotopic (exact) mass is 717 g/mol. The summed E-state index contributed by atoms with van der Waals surface area (Å²) in [5.41, 5.74) is 1.88. The van der Waals surface area contributed by atoms with Crippen LogP contribution < -0.4 is 9.64 Å². The Hall–Kier alpha value is -2.89. The van der Waals surface area contributed by atoms with Gasteiger partial charge in [0.2, 0.25) is 5.13 Å². The van der Waals surface area contributed by atoms with E-state index in [1.807, 2.05) is 6.07 Å². The van der Waals surface area contributed by atoms with Crippen molar-refractivity contribution in [1.82, 2.24) is 10.2 Å². The standard InChI is InChI=1S/C31H26BrCl2N3O4S2/c1-2-3-4-15-41-23-13-8-18(9-14-23)26-25(27(38)19-5-10-21(32)11-6-19)28(39)29(40)37(26)30-35-36-31(43-30)42-17-20-7-12-22(33)16-24(20)34/h5-14,16,26,38H,2-4,15,17H2,1H3/b27-25-. The first kappa shape index (κ1) is 31.5. The molecule has 1 aliphatic rings. The van der Waals surface area contributed by atoms with Crippen LogP contribution in [-0.2, 0) is 15.3 Å². The highest BCUT2D eigenvalue weighted by Crippen LogP contribution is 2.44. The molecule has 0 bridgehead atoms. The first-order valence-electron chi connectivity index (χ1n) is 13.5. The first-order valence-corrected chi connectivity index (χ1v) is 16.8. The molecule has 1 aliphatic heterocycles. The fourth-order valence-corrected chi connectivity index (χ4v) is 7.22. The number of carbonyl (C=O) groups excluding carboxylic acids is 2. The second-order valence-corrected chi connectivity index (χ2v) is 13.6. The van der Waals surface area contributed by atoms with E-state index in [4.69, 9.17) is 27.9 Å². The Kier molecular flexibility index (Phi) is 10.5. The number of rotatable bonds is 11. The lowest BCUT2D eigenvalue weighted by molar-refractivity contribution is -0.132. The van der Waals surface area contributed by atoms with Gasteiger partial charge in [-0.2, -0.15) is 0 Å². The summed E-state index contributed by atoms with van der Waals surface area (Å²) in [6.45, 7) is 2.73. The third-order valence-electron chi connectivity index (χ3n) is 6.74. The number of ketones is 1. The van der Waals surface area contributed by atoms with Crippen molar-refractivity contribution in [3.63, 3.8) is 0 Å². The predicted molar refractivity (Wildman–Crippen MR) is 176 cm³/mol. The highest BCUT2D eigenvalue weighted by Gasteiger charge is 2.48. The van der Waals surface area contributed by atoms with Gasteiger partial charge in [0.15, 0.2) is 4.34 Å². The van der Waals surface area contributed by atoms with Crippen LogP contribution in [0.3, 0.4) is 0 Å². The molecule has 2 heterocycles. The van der Waals surface area contributed by atoms with Gasteiger partial charge in [0, 0.05) is 25.8 Å². The number of amides is 1. The van der Waals surface area contributed by atoms with E-state index in [0.29, 0.717) is 43.6 Å². The molecular weight excluding hydrogens is 693 g/mol. The number of anilines is 1. The number of hydrogen-bond acceptors (Lipinski definition) is 8. The van der Waals surface area contributed by atoms with Crippen molar-refractivity contribution in [1.29, 1.82) is 0 Å². The lowest BCUT2D eigenvalue weighted by atomic mass is 9.95. The maximum absolute atomic E-state index is 13.5. The minimum atomic E-state index is -0.922. The number of thioether (sulfide) groups is 1. The zero-order valence-electron chi connectivity index (χ0n) is 22.9. The normalized spacial score (nSPS) is 16.2. The van der Waals surface area contributed by atoms with Crippen LogP contribution in [0.2, 0.25) is 10.0 Å². The van der Waals surface area contributed by atoms with Crippen LogP contribution >= 0.6 is 62.2 Å². The number of nitrogens with zero attached hydrogens (tertiary/aromatic N) is 3. The summed E-state index contributed by atoms with van der Waals surface area (Å²) >= 11 is 18.3. The molecule has 3 aromatic carbocycles. The summed E-state index contributed by atoms with van der Waals surface area (Å²) in [6.07, 6.45) is 3.13. The Bertz CT molecular complexity index is 1660. The fourth-order valence-electron chi connectivity index (χ4n) is 4.53. The number of halogens is 3. The second-order valence-electron chi connectivity index (χ2n) is 9.68. The molecule has 0 spiro atoms. The van der Waals surface area contributed by atoms with E-state index in [1.165, 1.54) is 28.0 Å². The molecule has 222 valence electrons. The fraction of sp³-hybridized carbons (Fsp3) is 0.226. The second kappa shape index (κ2) is 14.3. The highest BCUT2D eigenvalue weighted by molar-refractivity contribution is 9.10. The lowest BCUT2D eigenvalue weighted by Crippen LogP contribution is -2.29. The molecule has 1 N–H and O–H groups in total. The Labute approximate surface area is 276 Å². The van der Waals surface area contributed by atoms with Crippen molar-refractivity contribution in [3.05, 3.63) is 104 Å². The number of ether oxygens (including phenoxy) is 1. The lowest BCUT2D eigenvalue weighted by Gasteiger charge is -2.22. The van der Waals surface area contributed by atoms with Crippen LogP contribution in [0.5, 0.6) is 5.75 Å². The number of hydrogen-bond donors (Lipinski definition) is 1. The largest absolute Gasteiger partial charge is 0.507 e. The molecule has 1 atom stereocenters. The molecule has 0 saturated carbocycles. The smallest absolute Gasteiger partial charge is 0.301 e. The average Bonchev–Trinajstić information content (AvgIpc) is 3.57. The number of carbonyl (C=O) groups is 2. The molecule has 1 saturated heterocycles. The predicted octanol–water partition coefficient (Wildman–Crippen LogP) is 9.09. The Morgan fingerprint density at radius 1 is 1.05 bits per heavy atom. The number of aliphatic hydroxyl groups excluding tert-OH is 1. The molecule has 0 radical (unpaired) electrons. The van der Waals surface area contributed by atoms with Crippen molar-refractivity contribution in [3.8, 4) is 5.75 Å². The molecule has 5 rings (SSSR count). The summed E-state index contributed by atoms with van der Waals surface area (Å²) in [4.78, 5) is 28.3. The molecule has 1 amide bonds. The average molecular weight is 720 g/mol. The minimum Gasteiger partial charge on any atom is -0.507 e. The van der Waals surface area contributed by atoms with Gasteiger partial charge in [-0.15, -0.1) is 10.2 Å². The first-order chi connectivity index (χ1) is 20.8. The van der Waals surface area contributed by atoms with Crippen molar-refractivity contribution in [2.75, 3.05) is 11.5 Å². The Balaban J connectivity index is 1.48. The van der Waals surface area contributed by atoms with Crippen LogP contribution in [0.15, 0.2) is 81.1 Å². The summed E-state index contributed by atoms with van der Waals surface area (Å²) in [5.74, 6) is -0.675. The molecule has 1 fully saturated rings. The van der Waals surface area contributed by atoms with Gasteiger partial charge in [0.05, 0.1) is 18.2 Å². The van der Waals surface area contributed by atoms with Crippen LogP contribution in [0.1, 0.15) is 48.9 Å². The van der Waals surface area contributed by atoms with E-state index in [1.54, 1.807) is 60.7 Å². The van der Waals surface area contributed by atoms with Gasteiger partial charge in [-0.1, -0.05) is 112 Å². The summed E-state index contributed by atoms with van der Waals surface area (Å²) in [5, 5.41) is 21.2. The quantitative estimate of drug-likeness (QED) is 0.0413. The Morgan fingerprint density at radius 2 is 1.79 bits per heavy atom. The number of unbranched alkanes of at least 4 members (excludes halogenated alkanes) is 2. The molecule has 43 heavy (non-hydrogen) atoms. The SMILES string of the molecule is CCCCCOc1ccc(C2/C(=C(/O)c3ccc(Br)cc3)C(=O)C(=O)N2c2nnc(SCc3ccc(Cl)cc3Cl)s2)cc1. The molecule has 0 aliphatic carbocycles. The van der Waals surface area contributed by atoms with Gasteiger partial charge in [-0.05, 0) is 53.9 Å². The molecule has 1 unspecified atom stereocenters. The molecule has 12 heteroatoms. The summed E-state index contributed by atoms with van der Waals surface area (Å²) in [7, 11) is 0. The number of Topliss-reactive ketones (excluding diaryl/α,β-unsaturated/α-hetero) is 1. The van der Waals surface area contributed by atoms with Gasteiger partial charge >= 0.3 is 5.91 Å². The van der Waals surface area contributed by atoms with Gasteiger partial charge in [0.25, 0.3) is 5.78 Å². The zero-order chi connectivity index (χ0) is 30.5. The minimum absolute atomic E-state index is 0.0266. The van der Waals surface area contributed by atoms with Crippen molar-refractivity contribution in [2.45, 2.75) is 42.3 Å². The molecule has 4 aromatic rings. The number of aromatic nitrogens is 2. The topological polar surface area (TPSA) is 92.6 Å². The molecular formula is C31H26BrCl2N3O4S2. The van der Waals surface area contributed by atoms with Gasteiger partial charge in [0.1, 0.15) is 11.5 Å². The van der Waals surface area contributed by atoms with E-state index >= 15 is 0 Å². The van der Waals surface area contributed by atoms with E-state index in [0.717, 1.165) is 29.3 Å². The molecule has 7 nitrogen and oxygen atoms in total. The van der Waals surface area contributed by atoms with Gasteiger partial charge in [-0.3, -0.25) is 14.5 Å². The van der Waals surface area contributed by atoms with Crippen molar-refractivity contribution in [2.24, 2.45) is 0 Å². The maximum Gasteiger partial charge on any atom is 0.301 e. The highest BCUT2D eigenvalue weighted by atomic mass is 79.9. The third-order valence-corrected chi connectivity index (χ3v) is 9.96. The molecule has 1 aromatic heterocycles. The Morgan fingerprint density at radius 3 is 2.49 bits per heavy atom. The van der Waals surface area contributed by atoms with E-state index in [-0.39, 0.29) is 16.5 Å².